The minimum absolute atomic E-state index is 0.809. The van der Waals surface area contributed by atoms with Crippen LogP contribution in [0.4, 0.5) is 0 Å². The van der Waals surface area contributed by atoms with Crippen molar-refractivity contribution in [3.8, 4) is 0 Å². The van der Waals surface area contributed by atoms with Crippen molar-refractivity contribution in [2.24, 2.45) is 0 Å². The molecule has 0 spiro atoms. The van der Waals surface area contributed by atoms with Gasteiger partial charge < -0.3 is 4.74 Å². The number of methoxy groups -OCH3 is 1. The Labute approximate surface area is 80.7 Å². The van der Waals surface area contributed by atoms with E-state index in [4.69, 9.17) is 4.74 Å². The van der Waals surface area contributed by atoms with Crippen molar-refractivity contribution in [3.05, 3.63) is 34.4 Å². The Morgan fingerprint density at radius 2 is 1.62 bits per heavy atom. The first-order valence-corrected chi connectivity index (χ1v) is 4.71. The molecule has 0 amide bonds. The first-order chi connectivity index (χ1) is 6.15. The average Bonchev–Trinajstić information content (AvgIpc) is 2.09. The lowest BCUT2D eigenvalue weighted by molar-refractivity contribution is 0.202. The summed E-state index contributed by atoms with van der Waals surface area (Å²) in [5.41, 5.74) is 5.53. The van der Waals surface area contributed by atoms with Gasteiger partial charge in [0.2, 0.25) is 0 Å². The molecule has 1 heteroatoms. The molecule has 0 aliphatic carbocycles. The van der Waals surface area contributed by atoms with Gasteiger partial charge in [-0.3, -0.25) is 0 Å². The molecule has 72 valence electrons. The number of hydrogen-bond acceptors (Lipinski definition) is 1. The number of aryl methyl sites for hydroxylation is 3. The van der Waals surface area contributed by atoms with Crippen molar-refractivity contribution in [3.63, 3.8) is 0 Å². The molecule has 0 aromatic heterocycles. The standard InChI is InChI=1S/C12H18O/c1-9-7-11(3)12(5-6-13-4)8-10(9)2/h7-8H,5-6H2,1-4H3. The van der Waals surface area contributed by atoms with Gasteiger partial charge in [-0.2, -0.15) is 0 Å². The molecule has 1 nitrogen and oxygen atoms in total. The van der Waals surface area contributed by atoms with Crippen LogP contribution in [0, 0.1) is 20.8 Å². The molecule has 0 atom stereocenters. The van der Waals surface area contributed by atoms with E-state index in [1.54, 1.807) is 7.11 Å². The predicted molar refractivity (Wildman–Crippen MR) is 56.2 cm³/mol. The van der Waals surface area contributed by atoms with Gasteiger partial charge >= 0.3 is 0 Å². The molecule has 0 heterocycles. The maximum absolute atomic E-state index is 5.07. The summed E-state index contributed by atoms with van der Waals surface area (Å²) in [6.07, 6.45) is 1.02. The Balaban J connectivity index is 2.88. The number of benzene rings is 1. The van der Waals surface area contributed by atoms with E-state index >= 15 is 0 Å². The molecular formula is C12H18O. The van der Waals surface area contributed by atoms with Crippen molar-refractivity contribution in [2.45, 2.75) is 27.2 Å². The molecule has 0 N–H and O–H groups in total. The third-order valence-corrected chi connectivity index (χ3v) is 2.53. The molecule has 0 fully saturated rings. The summed E-state index contributed by atoms with van der Waals surface area (Å²) in [6.45, 7) is 7.29. The zero-order valence-electron chi connectivity index (χ0n) is 8.98. The Morgan fingerprint density at radius 3 is 2.23 bits per heavy atom. The van der Waals surface area contributed by atoms with Crippen LogP contribution < -0.4 is 0 Å². The second-order valence-corrected chi connectivity index (χ2v) is 3.61. The van der Waals surface area contributed by atoms with Crippen LogP contribution in [0.25, 0.3) is 0 Å². The molecule has 1 aromatic rings. The Bertz CT molecular complexity index is 289. The van der Waals surface area contributed by atoms with Gasteiger partial charge in [0, 0.05) is 7.11 Å². The molecule has 0 aliphatic heterocycles. The van der Waals surface area contributed by atoms with Crippen molar-refractivity contribution in [1.29, 1.82) is 0 Å². The quantitative estimate of drug-likeness (QED) is 0.691. The van der Waals surface area contributed by atoms with E-state index in [1.165, 1.54) is 22.3 Å². The van der Waals surface area contributed by atoms with Crippen LogP contribution in [0.15, 0.2) is 12.1 Å². The van der Waals surface area contributed by atoms with Gasteiger partial charge in [-0.15, -0.1) is 0 Å². The molecule has 0 unspecified atom stereocenters. The van der Waals surface area contributed by atoms with E-state index in [0.717, 1.165) is 13.0 Å². The van der Waals surface area contributed by atoms with E-state index < -0.39 is 0 Å². The summed E-state index contributed by atoms with van der Waals surface area (Å²) < 4.78 is 5.07. The molecule has 0 radical (unpaired) electrons. The summed E-state index contributed by atoms with van der Waals surface area (Å²) in [5.74, 6) is 0. The van der Waals surface area contributed by atoms with Crippen LogP contribution in [0.5, 0.6) is 0 Å². The summed E-state index contributed by atoms with van der Waals surface area (Å²) in [5, 5.41) is 0. The number of hydrogen-bond donors (Lipinski definition) is 0. The summed E-state index contributed by atoms with van der Waals surface area (Å²) >= 11 is 0. The lowest BCUT2D eigenvalue weighted by Crippen LogP contribution is -1.98. The first kappa shape index (κ1) is 10.3. The van der Waals surface area contributed by atoms with Crippen molar-refractivity contribution < 1.29 is 4.74 Å². The Morgan fingerprint density at radius 1 is 1.00 bits per heavy atom. The molecular weight excluding hydrogens is 160 g/mol. The SMILES string of the molecule is COCCc1cc(C)c(C)cc1C. The second kappa shape index (κ2) is 4.43. The number of ether oxygens (including phenoxy) is 1. The highest BCUT2D eigenvalue weighted by molar-refractivity contribution is 5.36. The topological polar surface area (TPSA) is 9.23 Å². The van der Waals surface area contributed by atoms with Crippen LogP contribution in [0.3, 0.4) is 0 Å². The fraction of sp³-hybridized carbons (Fsp3) is 0.500. The molecule has 0 saturated heterocycles. The highest BCUT2D eigenvalue weighted by Gasteiger charge is 2.00. The summed E-state index contributed by atoms with van der Waals surface area (Å²) in [4.78, 5) is 0. The molecule has 1 aromatic carbocycles. The maximum atomic E-state index is 5.07. The molecule has 0 bridgehead atoms. The van der Waals surface area contributed by atoms with E-state index in [0.29, 0.717) is 0 Å². The van der Waals surface area contributed by atoms with Crippen molar-refractivity contribution >= 4 is 0 Å². The van der Waals surface area contributed by atoms with Gasteiger partial charge in [-0.1, -0.05) is 12.1 Å². The molecule has 0 aliphatic rings. The lowest BCUT2D eigenvalue weighted by atomic mass is 9.99. The van der Waals surface area contributed by atoms with Gasteiger partial charge in [0.05, 0.1) is 6.61 Å². The van der Waals surface area contributed by atoms with E-state index in [9.17, 15) is 0 Å². The van der Waals surface area contributed by atoms with Gasteiger partial charge in [0.1, 0.15) is 0 Å². The van der Waals surface area contributed by atoms with Crippen LogP contribution in [0.2, 0.25) is 0 Å². The lowest BCUT2D eigenvalue weighted by Gasteiger charge is -2.08. The third-order valence-electron chi connectivity index (χ3n) is 2.53. The molecule has 13 heavy (non-hydrogen) atoms. The largest absolute Gasteiger partial charge is 0.384 e. The highest BCUT2D eigenvalue weighted by Crippen LogP contribution is 2.15. The first-order valence-electron chi connectivity index (χ1n) is 4.71. The average molecular weight is 178 g/mol. The maximum Gasteiger partial charge on any atom is 0.0502 e. The van der Waals surface area contributed by atoms with Crippen LogP contribution in [-0.2, 0) is 11.2 Å². The van der Waals surface area contributed by atoms with E-state index in [1.807, 2.05) is 0 Å². The Kier molecular flexibility index (Phi) is 3.49. The van der Waals surface area contributed by atoms with Crippen molar-refractivity contribution in [2.75, 3.05) is 13.7 Å². The fourth-order valence-corrected chi connectivity index (χ4v) is 1.50. The van der Waals surface area contributed by atoms with E-state index in [2.05, 4.69) is 32.9 Å². The smallest absolute Gasteiger partial charge is 0.0502 e. The van der Waals surface area contributed by atoms with E-state index in [-0.39, 0.29) is 0 Å². The minimum atomic E-state index is 0.809. The zero-order chi connectivity index (χ0) is 9.84. The van der Waals surface area contributed by atoms with Crippen molar-refractivity contribution in [1.82, 2.24) is 0 Å². The Hall–Kier alpha value is -0.820. The van der Waals surface area contributed by atoms with Gasteiger partial charge in [0.25, 0.3) is 0 Å². The fourth-order valence-electron chi connectivity index (χ4n) is 1.50. The normalized spacial score (nSPS) is 10.5. The highest BCUT2D eigenvalue weighted by atomic mass is 16.5. The summed E-state index contributed by atoms with van der Waals surface area (Å²) in [7, 11) is 1.75. The second-order valence-electron chi connectivity index (χ2n) is 3.61. The third kappa shape index (κ3) is 2.56. The van der Waals surface area contributed by atoms with Crippen LogP contribution >= 0.6 is 0 Å². The van der Waals surface area contributed by atoms with Gasteiger partial charge in [-0.25, -0.2) is 0 Å². The molecule has 0 saturated carbocycles. The minimum Gasteiger partial charge on any atom is -0.384 e. The van der Waals surface area contributed by atoms with Crippen LogP contribution in [-0.4, -0.2) is 13.7 Å². The van der Waals surface area contributed by atoms with Crippen LogP contribution in [0.1, 0.15) is 22.3 Å². The monoisotopic (exact) mass is 178 g/mol. The molecule has 1 rings (SSSR count). The number of rotatable bonds is 3. The zero-order valence-corrected chi connectivity index (χ0v) is 8.98. The van der Waals surface area contributed by atoms with Gasteiger partial charge in [0.15, 0.2) is 0 Å². The van der Waals surface area contributed by atoms with Gasteiger partial charge in [-0.05, 0) is 49.4 Å². The predicted octanol–water partition coefficient (Wildman–Crippen LogP) is 2.80. The summed E-state index contributed by atoms with van der Waals surface area (Å²) in [6, 6.07) is 4.52.